The van der Waals surface area contributed by atoms with Crippen molar-refractivity contribution in [2.24, 2.45) is 10.7 Å². The Hall–Kier alpha value is -1.63. The number of morpholine rings is 1. The van der Waals surface area contributed by atoms with Gasteiger partial charge in [0.05, 0.1) is 19.8 Å². The molecule has 2 aliphatic heterocycles. The van der Waals surface area contributed by atoms with E-state index in [9.17, 15) is 0 Å². The number of guanidine groups is 1. The molecule has 144 valence electrons. The number of ether oxygens (including phenoxy) is 1. The van der Waals surface area contributed by atoms with Crippen molar-refractivity contribution in [3.8, 4) is 0 Å². The maximum Gasteiger partial charge on any atom is 0.188 e. The number of rotatable bonds is 8. The smallest absolute Gasteiger partial charge is 0.188 e. The quantitative estimate of drug-likeness (QED) is 0.416. The van der Waals surface area contributed by atoms with Crippen molar-refractivity contribution in [1.82, 2.24) is 15.1 Å². The SMILES string of the molecule is NC(=NCC1CCCN1Cc1ccccc1)NCCCN1CCOCC1. The fourth-order valence-electron chi connectivity index (χ4n) is 3.73. The van der Waals surface area contributed by atoms with Gasteiger partial charge in [0.2, 0.25) is 0 Å². The first kappa shape index (κ1) is 19.1. The molecule has 1 aromatic carbocycles. The summed E-state index contributed by atoms with van der Waals surface area (Å²) in [7, 11) is 0. The maximum absolute atomic E-state index is 6.06. The lowest BCUT2D eigenvalue weighted by molar-refractivity contribution is 0.0376. The van der Waals surface area contributed by atoms with Gasteiger partial charge in [-0.2, -0.15) is 0 Å². The molecule has 0 radical (unpaired) electrons. The Balaban J connectivity index is 1.34. The van der Waals surface area contributed by atoms with Gasteiger partial charge in [-0.05, 0) is 37.9 Å². The largest absolute Gasteiger partial charge is 0.379 e. The second-order valence-corrected chi connectivity index (χ2v) is 7.21. The number of likely N-dealkylation sites (tertiary alicyclic amines) is 1. The summed E-state index contributed by atoms with van der Waals surface area (Å²) < 4.78 is 5.37. The van der Waals surface area contributed by atoms with Crippen LogP contribution in [0.25, 0.3) is 0 Å². The summed E-state index contributed by atoms with van der Waals surface area (Å²) in [6, 6.07) is 11.2. The molecule has 1 aromatic rings. The topological polar surface area (TPSA) is 66.1 Å². The summed E-state index contributed by atoms with van der Waals surface area (Å²) in [5.74, 6) is 0.582. The molecule has 2 saturated heterocycles. The third kappa shape index (κ3) is 6.27. The van der Waals surface area contributed by atoms with E-state index in [0.29, 0.717) is 12.0 Å². The lowest BCUT2D eigenvalue weighted by Crippen LogP contribution is -2.39. The molecule has 0 bridgehead atoms. The Morgan fingerprint density at radius 3 is 2.81 bits per heavy atom. The van der Waals surface area contributed by atoms with E-state index in [4.69, 9.17) is 10.5 Å². The fourth-order valence-corrected chi connectivity index (χ4v) is 3.73. The molecule has 0 aromatic heterocycles. The molecule has 6 heteroatoms. The van der Waals surface area contributed by atoms with Crippen LogP contribution in [0.2, 0.25) is 0 Å². The molecule has 26 heavy (non-hydrogen) atoms. The first-order chi connectivity index (χ1) is 12.8. The van der Waals surface area contributed by atoms with Crippen LogP contribution in [0.1, 0.15) is 24.8 Å². The van der Waals surface area contributed by atoms with E-state index in [-0.39, 0.29) is 0 Å². The Kier molecular flexibility index (Phi) is 7.73. The predicted octanol–water partition coefficient (Wildman–Crippen LogP) is 1.28. The zero-order chi connectivity index (χ0) is 18.0. The highest BCUT2D eigenvalue weighted by atomic mass is 16.5. The van der Waals surface area contributed by atoms with E-state index in [1.165, 1.54) is 18.4 Å². The first-order valence-corrected chi connectivity index (χ1v) is 9.93. The highest BCUT2D eigenvalue weighted by Crippen LogP contribution is 2.20. The molecule has 3 N–H and O–H groups in total. The van der Waals surface area contributed by atoms with Crippen molar-refractivity contribution in [3.63, 3.8) is 0 Å². The normalized spacial score (nSPS) is 22.6. The highest BCUT2D eigenvalue weighted by molar-refractivity contribution is 5.77. The molecule has 2 fully saturated rings. The third-order valence-corrected chi connectivity index (χ3v) is 5.26. The molecule has 2 heterocycles. The van der Waals surface area contributed by atoms with E-state index in [1.807, 2.05) is 0 Å². The second-order valence-electron chi connectivity index (χ2n) is 7.21. The average Bonchev–Trinajstić information content (AvgIpc) is 3.12. The van der Waals surface area contributed by atoms with Gasteiger partial charge in [0, 0.05) is 32.2 Å². The van der Waals surface area contributed by atoms with Gasteiger partial charge in [-0.1, -0.05) is 30.3 Å². The second kappa shape index (κ2) is 10.5. The third-order valence-electron chi connectivity index (χ3n) is 5.26. The van der Waals surface area contributed by atoms with Gasteiger partial charge >= 0.3 is 0 Å². The van der Waals surface area contributed by atoms with Crippen LogP contribution in [0.3, 0.4) is 0 Å². The van der Waals surface area contributed by atoms with Gasteiger partial charge in [-0.25, -0.2) is 0 Å². The Morgan fingerprint density at radius 2 is 2.00 bits per heavy atom. The summed E-state index contributed by atoms with van der Waals surface area (Å²) in [6.45, 7) is 8.73. The van der Waals surface area contributed by atoms with Crippen molar-refractivity contribution in [3.05, 3.63) is 35.9 Å². The molecular weight excluding hydrogens is 326 g/mol. The van der Waals surface area contributed by atoms with Crippen molar-refractivity contribution < 1.29 is 4.74 Å². The number of benzene rings is 1. The van der Waals surface area contributed by atoms with E-state index >= 15 is 0 Å². The Labute approximate surface area is 157 Å². The van der Waals surface area contributed by atoms with Crippen LogP contribution in [0.5, 0.6) is 0 Å². The van der Waals surface area contributed by atoms with Crippen molar-refractivity contribution in [1.29, 1.82) is 0 Å². The lowest BCUT2D eigenvalue weighted by Gasteiger charge is -2.26. The summed E-state index contributed by atoms with van der Waals surface area (Å²) in [6.07, 6.45) is 3.54. The molecule has 0 aliphatic carbocycles. The van der Waals surface area contributed by atoms with Crippen LogP contribution >= 0.6 is 0 Å². The van der Waals surface area contributed by atoms with Gasteiger partial charge in [0.25, 0.3) is 0 Å². The van der Waals surface area contributed by atoms with E-state index in [0.717, 1.165) is 65.4 Å². The summed E-state index contributed by atoms with van der Waals surface area (Å²) in [5.41, 5.74) is 7.43. The number of hydrogen-bond donors (Lipinski definition) is 2. The summed E-state index contributed by atoms with van der Waals surface area (Å²) in [4.78, 5) is 9.57. The number of nitrogens with one attached hydrogen (secondary N) is 1. The van der Waals surface area contributed by atoms with Crippen molar-refractivity contribution >= 4 is 5.96 Å². The molecule has 1 atom stereocenters. The van der Waals surface area contributed by atoms with Crippen LogP contribution in [0.4, 0.5) is 0 Å². The summed E-state index contributed by atoms with van der Waals surface area (Å²) in [5, 5.41) is 3.26. The lowest BCUT2D eigenvalue weighted by atomic mass is 10.2. The van der Waals surface area contributed by atoms with Gasteiger partial charge in [0.1, 0.15) is 0 Å². The molecular formula is C20H33N5O. The number of hydrogen-bond acceptors (Lipinski definition) is 4. The molecule has 0 amide bonds. The van der Waals surface area contributed by atoms with Crippen LogP contribution < -0.4 is 11.1 Å². The minimum Gasteiger partial charge on any atom is -0.379 e. The molecule has 0 spiro atoms. The van der Waals surface area contributed by atoms with E-state index in [1.54, 1.807) is 0 Å². The average molecular weight is 360 g/mol. The summed E-state index contributed by atoms with van der Waals surface area (Å²) >= 11 is 0. The zero-order valence-corrected chi connectivity index (χ0v) is 15.8. The van der Waals surface area contributed by atoms with Gasteiger partial charge < -0.3 is 15.8 Å². The number of nitrogens with two attached hydrogens (primary N) is 1. The Bertz CT molecular complexity index is 544. The van der Waals surface area contributed by atoms with Gasteiger partial charge in [0.15, 0.2) is 5.96 Å². The standard InChI is InChI=1S/C20H33N5O/c21-20(22-9-5-10-24-12-14-26-15-13-24)23-16-19-8-4-11-25(19)17-18-6-2-1-3-7-18/h1-3,6-7,19H,4-5,8-17H2,(H3,21,22,23). The van der Waals surface area contributed by atoms with Crippen molar-refractivity contribution in [2.75, 3.05) is 52.5 Å². The van der Waals surface area contributed by atoms with Crippen LogP contribution in [-0.2, 0) is 11.3 Å². The molecule has 3 rings (SSSR count). The van der Waals surface area contributed by atoms with Crippen molar-refractivity contribution in [2.45, 2.75) is 31.8 Å². The molecule has 2 aliphatic rings. The predicted molar refractivity (Wildman–Crippen MR) is 106 cm³/mol. The first-order valence-electron chi connectivity index (χ1n) is 9.93. The molecule has 6 nitrogen and oxygen atoms in total. The van der Waals surface area contributed by atoms with Gasteiger partial charge in [-0.3, -0.25) is 14.8 Å². The monoisotopic (exact) mass is 359 g/mol. The fraction of sp³-hybridized carbons (Fsp3) is 0.650. The van der Waals surface area contributed by atoms with Crippen LogP contribution in [-0.4, -0.2) is 74.3 Å². The van der Waals surface area contributed by atoms with E-state index in [2.05, 4.69) is 50.4 Å². The molecule has 0 saturated carbocycles. The van der Waals surface area contributed by atoms with Crippen LogP contribution in [0.15, 0.2) is 35.3 Å². The zero-order valence-electron chi connectivity index (χ0n) is 15.8. The minimum atomic E-state index is 0.504. The van der Waals surface area contributed by atoms with E-state index < -0.39 is 0 Å². The Morgan fingerprint density at radius 1 is 1.19 bits per heavy atom. The molecule has 1 unspecified atom stereocenters. The minimum absolute atomic E-state index is 0.504. The van der Waals surface area contributed by atoms with Crippen LogP contribution in [0, 0.1) is 0 Å². The number of aliphatic imine (C=N–C) groups is 1. The highest BCUT2D eigenvalue weighted by Gasteiger charge is 2.24. The maximum atomic E-state index is 6.06. The number of nitrogens with zero attached hydrogens (tertiary/aromatic N) is 3. The van der Waals surface area contributed by atoms with Gasteiger partial charge in [-0.15, -0.1) is 0 Å².